The van der Waals surface area contributed by atoms with Gasteiger partial charge in [0.05, 0.1) is 11.0 Å². The number of hydrogen-bond acceptors (Lipinski definition) is 0. The first-order valence-corrected chi connectivity index (χ1v) is 19.7. The monoisotopic (exact) mass is 702 g/mol. The van der Waals surface area contributed by atoms with Crippen LogP contribution in [0.1, 0.15) is 53.0 Å². The third-order valence-corrected chi connectivity index (χ3v) is 12.8. The van der Waals surface area contributed by atoms with Crippen molar-refractivity contribution in [3.63, 3.8) is 0 Å². The second-order valence-corrected chi connectivity index (χ2v) is 15.5. The van der Waals surface area contributed by atoms with Crippen molar-refractivity contribution in [2.45, 2.75) is 24.9 Å². The highest BCUT2D eigenvalue weighted by molar-refractivity contribution is 6.24. The highest BCUT2D eigenvalue weighted by atomic mass is 15.3. The summed E-state index contributed by atoms with van der Waals surface area (Å²) in [5, 5.41) is 7.87. The summed E-state index contributed by atoms with van der Waals surface area (Å²) in [4.78, 5) is 0. The topological polar surface area (TPSA) is 6.89 Å². The fourth-order valence-electron chi connectivity index (χ4n) is 10.7. The van der Waals surface area contributed by atoms with Crippen LogP contribution in [0.3, 0.4) is 0 Å². The number of fused-ring (bicyclic) bond motifs is 18. The maximum absolute atomic E-state index is 2.58. The van der Waals surface area contributed by atoms with Gasteiger partial charge in [0, 0.05) is 18.6 Å². The Balaban J connectivity index is 1.18. The van der Waals surface area contributed by atoms with Gasteiger partial charge < -0.3 is 0 Å². The average molecular weight is 703 g/mol. The minimum absolute atomic E-state index is 0.146. The van der Waals surface area contributed by atoms with E-state index in [-0.39, 0.29) is 6.17 Å². The predicted octanol–water partition coefficient (Wildman–Crippen LogP) is 11.8. The lowest BCUT2D eigenvalue weighted by molar-refractivity contribution is -0.851. The van der Waals surface area contributed by atoms with E-state index in [2.05, 4.69) is 198 Å². The molecule has 9 aromatic rings. The van der Waals surface area contributed by atoms with Crippen molar-refractivity contribution in [2.24, 2.45) is 0 Å². The van der Waals surface area contributed by atoms with Crippen molar-refractivity contribution >= 4 is 38.5 Å². The Kier molecular flexibility index (Phi) is 6.40. The molecule has 1 aromatic heterocycles. The number of nitrogens with zero attached hydrogens (tertiary/aromatic N) is 2. The second-order valence-electron chi connectivity index (χ2n) is 15.5. The van der Waals surface area contributed by atoms with Gasteiger partial charge in [-0.1, -0.05) is 140 Å². The highest BCUT2D eigenvalue weighted by Gasteiger charge is 2.53. The first-order chi connectivity index (χ1) is 27.3. The molecule has 3 aliphatic rings. The SMILES string of the molecule is CCC[N+]1=Cc2cccc[n+]2C1c1ccc(-c2cc3c(c4ccccc24)-c2c(c4ccccc4c4ccccc24)C32c3ccccc3-c3ccccc32)cc1. The normalized spacial score (nSPS) is 15.6. The summed E-state index contributed by atoms with van der Waals surface area (Å²) >= 11 is 0. The van der Waals surface area contributed by atoms with Crippen molar-refractivity contribution < 1.29 is 9.14 Å². The zero-order chi connectivity index (χ0) is 36.3. The van der Waals surface area contributed by atoms with Gasteiger partial charge in [-0.2, -0.15) is 4.58 Å². The van der Waals surface area contributed by atoms with Crippen LogP contribution >= 0.6 is 0 Å². The van der Waals surface area contributed by atoms with E-state index in [1.807, 2.05) is 0 Å². The molecule has 1 atom stereocenters. The molecule has 55 heavy (non-hydrogen) atoms. The molecule has 0 N–H and O–H groups in total. The van der Waals surface area contributed by atoms with E-state index in [0.29, 0.717) is 0 Å². The van der Waals surface area contributed by atoms with E-state index < -0.39 is 5.41 Å². The Morgan fingerprint density at radius 1 is 0.491 bits per heavy atom. The molecule has 2 heterocycles. The smallest absolute Gasteiger partial charge is 0.165 e. The van der Waals surface area contributed by atoms with Gasteiger partial charge in [-0.3, -0.25) is 0 Å². The Morgan fingerprint density at radius 2 is 1.05 bits per heavy atom. The van der Waals surface area contributed by atoms with Gasteiger partial charge >= 0.3 is 6.17 Å². The molecule has 8 aromatic carbocycles. The van der Waals surface area contributed by atoms with Gasteiger partial charge in [-0.05, 0) is 112 Å². The molecule has 2 heteroatoms. The number of aromatic nitrogens is 1. The molecule has 0 saturated carbocycles. The molecule has 258 valence electrons. The minimum Gasteiger partial charge on any atom is -0.165 e. The van der Waals surface area contributed by atoms with Gasteiger partial charge in [0.15, 0.2) is 6.20 Å². The van der Waals surface area contributed by atoms with Crippen LogP contribution in [0.15, 0.2) is 176 Å². The Labute approximate surface area is 320 Å². The molecular formula is C53H38N2+2. The van der Waals surface area contributed by atoms with Crippen LogP contribution in [0.4, 0.5) is 0 Å². The van der Waals surface area contributed by atoms with E-state index in [1.165, 1.54) is 99.2 Å². The standard InChI is InChI=1S/C53H38N2/c1-2-30-54-33-36-15-13-14-31-55(36)52(54)35-28-26-34(27-29-35)45-32-48-49(42-21-6-4-18-39(42)45)50-43-22-7-3-16-37(43)38-17-5-8-23-44(38)51(50)53(48)46-24-11-9-19-40(46)41-20-10-12-25-47(41)53/h3-29,31-33,52H,2,30H2,1H3/q+2. The predicted molar refractivity (Wildman–Crippen MR) is 226 cm³/mol. The Bertz CT molecular complexity index is 3070. The maximum Gasteiger partial charge on any atom is 0.375 e. The van der Waals surface area contributed by atoms with Gasteiger partial charge in [-0.15, -0.1) is 4.57 Å². The molecule has 1 unspecified atom stereocenters. The molecule has 1 spiro atoms. The number of hydrogen-bond donors (Lipinski definition) is 0. The lowest BCUT2D eigenvalue weighted by Crippen LogP contribution is -2.43. The van der Waals surface area contributed by atoms with Crippen LogP contribution in [0.5, 0.6) is 0 Å². The van der Waals surface area contributed by atoms with Crippen molar-refractivity contribution in [3.8, 4) is 33.4 Å². The average Bonchev–Trinajstić information content (AvgIpc) is 3.88. The van der Waals surface area contributed by atoms with E-state index in [1.54, 1.807) is 0 Å². The van der Waals surface area contributed by atoms with E-state index in [0.717, 1.165) is 13.0 Å². The zero-order valence-electron chi connectivity index (χ0n) is 30.7. The van der Waals surface area contributed by atoms with Crippen molar-refractivity contribution in [2.75, 3.05) is 6.54 Å². The lowest BCUT2D eigenvalue weighted by Gasteiger charge is -2.32. The van der Waals surface area contributed by atoms with Gasteiger partial charge in [0.25, 0.3) is 5.69 Å². The molecule has 1 aliphatic heterocycles. The first kappa shape index (κ1) is 30.8. The molecule has 2 aliphatic carbocycles. The largest absolute Gasteiger partial charge is 0.375 e. The highest BCUT2D eigenvalue weighted by Crippen LogP contribution is 2.66. The van der Waals surface area contributed by atoms with E-state index >= 15 is 0 Å². The first-order valence-electron chi connectivity index (χ1n) is 19.7. The molecule has 2 nitrogen and oxygen atoms in total. The molecule has 0 saturated heterocycles. The van der Waals surface area contributed by atoms with Crippen LogP contribution in [0, 0.1) is 0 Å². The van der Waals surface area contributed by atoms with Crippen LogP contribution in [0.25, 0.3) is 65.7 Å². The zero-order valence-corrected chi connectivity index (χ0v) is 30.7. The van der Waals surface area contributed by atoms with E-state index in [9.17, 15) is 0 Å². The van der Waals surface area contributed by atoms with Crippen LogP contribution in [-0.2, 0) is 5.41 Å². The Morgan fingerprint density at radius 3 is 1.75 bits per heavy atom. The summed E-state index contributed by atoms with van der Waals surface area (Å²) in [7, 11) is 0. The second kappa shape index (κ2) is 11.4. The summed E-state index contributed by atoms with van der Waals surface area (Å²) in [6.07, 6.45) is 5.78. The summed E-state index contributed by atoms with van der Waals surface area (Å²) in [6, 6.07) is 64.3. The number of benzene rings is 8. The lowest BCUT2D eigenvalue weighted by atomic mass is 9.68. The Hall–Kier alpha value is -6.64. The summed E-state index contributed by atoms with van der Waals surface area (Å²) < 4.78 is 4.89. The fourth-order valence-corrected chi connectivity index (χ4v) is 10.7. The summed E-state index contributed by atoms with van der Waals surface area (Å²) in [5.41, 5.74) is 15.5. The van der Waals surface area contributed by atoms with Crippen LogP contribution in [0.2, 0.25) is 0 Å². The maximum atomic E-state index is 2.58. The van der Waals surface area contributed by atoms with E-state index in [4.69, 9.17) is 0 Å². The fraction of sp³-hybridized carbons (Fsp3) is 0.0943. The molecule has 0 fully saturated rings. The molecule has 0 radical (unpaired) electrons. The number of pyridine rings is 1. The van der Waals surface area contributed by atoms with Crippen LogP contribution < -0.4 is 4.57 Å². The van der Waals surface area contributed by atoms with Crippen molar-refractivity contribution in [1.82, 2.24) is 0 Å². The third kappa shape index (κ3) is 3.99. The molecule has 0 bridgehead atoms. The summed E-state index contributed by atoms with van der Waals surface area (Å²) in [6.45, 7) is 3.27. The molecular weight excluding hydrogens is 665 g/mol. The number of rotatable bonds is 4. The van der Waals surface area contributed by atoms with Crippen molar-refractivity contribution in [1.29, 1.82) is 0 Å². The third-order valence-electron chi connectivity index (χ3n) is 12.8. The van der Waals surface area contributed by atoms with Gasteiger partial charge in [0.2, 0.25) is 6.21 Å². The summed E-state index contributed by atoms with van der Waals surface area (Å²) in [5.74, 6) is 0. The molecule has 12 rings (SSSR count). The quantitative estimate of drug-likeness (QED) is 0.127. The van der Waals surface area contributed by atoms with Crippen LogP contribution in [-0.4, -0.2) is 17.3 Å². The van der Waals surface area contributed by atoms with Gasteiger partial charge in [0.1, 0.15) is 6.54 Å². The molecule has 0 amide bonds. The minimum atomic E-state index is -0.485. The van der Waals surface area contributed by atoms with Gasteiger partial charge in [-0.25, -0.2) is 0 Å². The van der Waals surface area contributed by atoms with Crippen molar-refractivity contribution in [3.05, 3.63) is 210 Å².